The molecule has 142 valence electrons. The Morgan fingerprint density at radius 1 is 1.26 bits per heavy atom. The van der Waals surface area contributed by atoms with Gasteiger partial charge in [0, 0.05) is 25.2 Å². The van der Waals surface area contributed by atoms with Crippen LogP contribution in [0.1, 0.15) is 0 Å². The van der Waals surface area contributed by atoms with Crippen LogP contribution in [0.15, 0.2) is 35.1 Å². The molecule has 2 aliphatic heterocycles. The molecule has 1 saturated carbocycles. The minimum atomic E-state index is -0.484. The zero-order valence-electron chi connectivity index (χ0n) is 14.5. The van der Waals surface area contributed by atoms with Crippen molar-refractivity contribution in [1.82, 2.24) is 5.16 Å². The SMILES string of the molecule is NC1[C@H]2CN(c3ccc(N4C[C@H](CNc5ccon5)OC4=O)cc3F)C[C@@H]12. The molecule has 3 heterocycles. The fourth-order valence-corrected chi connectivity index (χ4v) is 4.05. The van der Waals surface area contributed by atoms with Crippen molar-refractivity contribution in [2.45, 2.75) is 12.1 Å². The van der Waals surface area contributed by atoms with E-state index in [9.17, 15) is 9.18 Å². The van der Waals surface area contributed by atoms with E-state index in [1.807, 2.05) is 4.90 Å². The van der Waals surface area contributed by atoms with Crippen LogP contribution in [0.2, 0.25) is 0 Å². The highest BCUT2D eigenvalue weighted by molar-refractivity contribution is 5.90. The van der Waals surface area contributed by atoms with Gasteiger partial charge in [-0.15, -0.1) is 0 Å². The van der Waals surface area contributed by atoms with Crippen molar-refractivity contribution in [3.8, 4) is 0 Å². The number of ether oxygens (including phenoxy) is 1. The fourth-order valence-electron chi connectivity index (χ4n) is 4.05. The summed E-state index contributed by atoms with van der Waals surface area (Å²) in [5, 5.41) is 6.77. The van der Waals surface area contributed by atoms with E-state index >= 15 is 0 Å². The normalized spacial score (nSPS) is 29.0. The number of fused-ring (bicyclic) bond motifs is 1. The zero-order valence-corrected chi connectivity index (χ0v) is 14.5. The first-order valence-electron chi connectivity index (χ1n) is 9.02. The van der Waals surface area contributed by atoms with E-state index in [2.05, 4.69) is 10.5 Å². The van der Waals surface area contributed by atoms with E-state index in [0.717, 1.165) is 13.1 Å². The summed E-state index contributed by atoms with van der Waals surface area (Å²) >= 11 is 0. The Bertz CT molecular complexity index is 849. The number of piperidine rings is 1. The van der Waals surface area contributed by atoms with Gasteiger partial charge in [-0.1, -0.05) is 5.16 Å². The van der Waals surface area contributed by atoms with Crippen LogP contribution in [0.3, 0.4) is 0 Å². The third kappa shape index (κ3) is 2.87. The Kier molecular flexibility index (Phi) is 3.71. The number of carbonyl (C=O) groups excluding carboxylic acids is 1. The number of nitrogens with one attached hydrogen (secondary N) is 1. The van der Waals surface area contributed by atoms with E-state index in [0.29, 0.717) is 42.1 Å². The van der Waals surface area contributed by atoms with Crippen LogP contribution < -0.4 is 20.9 Å². The summed E-state index contributed by atoms with van der Waals surface area (Å²) in [5.41, 5.74) is 7.00. The summed E-state index contributed by atoms with van der Waals surface area (Å²) in [6.07, 6.45) is 0.614. The van der Waals surface area contributed by atoms with Crippen molar-refractivity contribution in [2.24, 2.45) is 17.6 Å². The molecule has 0 radical (unpaired) electrons. The van der Waals surface area contributed by atoms with Gasteiger partial charge in [0.25, 0.3) is 0 Å². The summed E-state index contributed by atoms with van der Waals surface area (Å²) < 4.78 is 24.8. The maximum absolute atomic E-state index is 14.7. The van der Waals surface area contributed by atoms with Crippen LogP contribution in [-0.2, 0) is 4.74 Å². The molecule has 1 aromatic carbocycles. The van der Waals surface area contributed by atoms with Crippen molar-refractivity contribution in [1.29, 1.82) is 0 Å². The predicted octanol–water partition coefficient (Wildman–Crippen LogP) is 1.64. The van der Waals surface area contributed by atoms with Gasteiger partial charge in [-0.2, -0.15) is 0 Å². The first-order chi connectivity index (χ1) is 13.1. The van der Waals surface area contributed by atoms with E-state index < -0.39 is 6.09 Å². The Balaban J connectivity index is 1.24. The van der Waals surface area contributed by atoms with Gasteiger partial charge in [0.1, 0.15) is 18.2 Å². The van der Waals surface area contributed by atoms with Crippen molar-refractivity contribution < 1.29 is 18.4 Å². The zero-order chi connectivity index (χ0) is 18.5. The van der Waals surface area contributed by atoms with Crippen molar-refractivity contribution >= 4 is 23.3 Å². The number of rotatable bonds is 5. The average Bonchev–Trinajstić information content (AvgIpc) is 3.16. The molecule has 1 amide bonds. The highest BCUT2D eigenvalue weighted by atomic mass is 19.1. The molecule has 2 saturated heterocycles. The van der Waals surface area contributed by atoms with Gasteiger partial charge in [-0.05, 0) is 30.0 Å². The van der Waals surface area contributed by atoms with E-state index in [4.69, 9.17) is 15.0 Å². The number of aromatic nitrogens is 1. The van der Waals surface area contributed by atoms with Crippen LogP contribution in [0.5, 0.6) is 0 Å². The summed E-state index contributed by atoms with van der Waals surface area (Å²) in [5.74, 6) is 1.20. The lowest BCUT2D eigenvalue weighted by Gasteiger charge is -2.23. The lowest BCUT2D eigenvalue weighted by molar-refractivity contribution is 0.147. The standard InChI is InChI=1S/C18H20FN5O3/c19-14-5-10(1-2-15(14)23-8-12-13(9-23)17(12)20)24-7-11(27-18(24)25)6-21-16-3-4-26-22-16/h1-5,11-13,17H,6-9,20H2,(H,21,22)/t11-,12-,13+,17?/m0/s1. The molecule has 5 rings (SSSR count). The number of hydrogen-bond donors (Lipinski definition) is 2. The van der Waals surface area contributed by atoms with E-state index in [-0.39, 0.29) is 18.0 Å². The minimum absolute atomic E-state index is 0.269. The monoisotopic (exact) mass is 373 g/mol. The molecule has 8 nitrogen and oxygen atoms in total. The Labute approximate surface area is 155 Å². The molecule has 3 aliphatic rings. The molecule has 0 spiro atoms. The predicted molar refractivity (Wildman–Crippen MR) is 96.2 cm³/mol. The van der Waals surface area contributed by atoms with Gasteiger partial charge in [-0.25, -0.2) is 9.18 Å². The highest BCUT2D eigenvalue weighted by Crippen LogP contribution is 2.45. The van der Waals surface area contributed by atoms with E-state index in [1.54, 1.807) is 18.2 Å². The number of amides is 1. The number of cyclic esters (lactones) is 1. The molecule has 1 aliphatic carbocycles. The number of benzene rings is 1. The average molecular weight is 373 g/mol. The molecule has 3 fully saturated rings. The maximum atomic E-state index is 14.7. The van der Waals surface area contributed by atoms with Gasteiger partial charge in [0.15, 0.2) is 5.82 Å². The maximum Gasteiger partial charge on any atom is 0.414 e. The topological polar surface area (TPSA) is 96.9 Å². The molecule has 2 aromatic rings. The first kappa shape index (κ1) is 16.4. The minimum Gasteiger partial charge on any atom is -0.442 e. The molecular formula is C18H20FN5O3. The Morgan fingerprint density at radius 3 is 2.78 bits per heavy atom. The summed E-state index contributed by atoms with van der Waals surface area (Å²) in [6, 6.07) is 6.84. The van der Waals surface area contributed by atoms with Crippen LogP contribution in [0, 0.1) is 17.7 Å². The van der Waals surface area contributed by atoms with E-state index in [1.165, 1.54) is 17.2 Å². The third-order valence-electron chi connectivity index (χ3n) is 5.67. The summed E-state index contributed by atoms with van der Waals surface area (Å²) in [6.45, 7) is 2.32. The second kappa shape index (κ2) is 6.12. The smallest absolute Gasteiger partial charge is 0.414 e. The number of halogens is 1. The third-order valence-corrected chi connectivity index (χ3v) is 5.67. The summed E-state index contributed by atoms with van der Waals surface area (Å²) in [7, 11) is 0. The molecule has 1 unspecified atom stereocenters. The molecule has 27 heavy (non-hydrogen) atoms. The van der Waals surface area contributed by atoms with Gasteiger partial charge in [-0.3, -0.25) is 4.90 Å². The molecule has 1 aromatic heterocycles. The van der Waals surface area contributed by atoms with Gasteiger partial charge in [0.05, 0.1) is 24.5 Å². The number of nitrogens with two attached hydrogens (primary N) is 1. The largest absolute Gasteiger partial charge is 0.442 e. The number of carbonyl (C=O) groups is 1. The van der Waals surface area contributed by atoms with Crippen LogP contribution in [0.25, 0.3) is 0 Å². The second-order valence-electron chi connectivity index (χ2n) is 7.33. The molecular weight excluding hydrogens is 353 g/mol. The van der Waals surface area contributed by atoms with Gasteiger partial charge >= 0.3 is 6.09 Å². The quantitative estimate of drug-likeness (QED) is 0.822. The first-order valence-corrected chi connectivity index (χ1v) is 9.02. The fraction of sp³-hybridized carbons (Fsp3) is 0.444. The van der Waals surface area contributed by atoms with Crippen molar-refractivity contribution in [3.05, 3.63) is 36.3 Å². The summed E-state index contributed by atoms with van der Waals surface area (Å²) in [4.78, 5) is 15.7. The van der Waals surface area contributed by atoms with Crippen molar-refractivity contribution in [3.63, 3.8) is 0 Å². The lowest BCUT2D eigenvalue weighted by atomic mass is 10.2. The number of nitrogens with zero attached hydrogens (tertiary/aromatic N) is 3. The van der Waals surface area contributed by atoms with Crippen molar-refractivity contribution in [2.75, 3.05) is 41.3 Å². The van der Waals surface area contributed by atoms with Crippen LogP contribution in [0.4, 0.5) is 26.4 Å². The van der Waals surface area contributed by atoms with Gasteiger partial charge < -0.3 is 25.2 Å². The molecule has 3 N–H and O–H groups in total. The Hall–Kier alpha value is -2.81. The molecule has 9 heteroatoms. The van der Waals surface area contributed by atoms with Gasteiger partial charge in [0.2, 0.25) is 0 Å². The molecule has 4 atom stereocenters. The highest BCUT2D eigenvalue weighted by Gasteiger charge is 2.53. The Morgan fingerprint density at radius 2 is 2.07 bits per heavy atom. The second-order valence-corrected chi connectivity index (χ2v) is 7.33. The molecule has 0 bridgehead atoms. The van der Waals surface area contributed by atoms with Crippen LogP contribution in [-0.4, -0.2) is 49.6 Å². The lowest BCUT2D eigenvalue weighted by Crippen LogP contribution is -2.29. The van der Waals surface area contributed by atoms with Crippen LogP contribution >= 0.6 is 0 Å². The number of anilines is 3. The number of hydrogen-bond acceptors (Lipinski definition) is 7.